The summed E-state index contributed by atoms with van der Waals surface area (Å²) < 4.78 is 5.72. The zero-order chi connectivity index (χ0) is 23.9. The van der Waals surface area contributed by atoms with Crippen molar-refractivity contribution < 1.29 is 9.90 Å². The molecule has 0 spiro atoms. The van der Waals surface area contributed by atoms with Crippen LogP contribution in [0.1, 0.15) is 0 Å². The topological polar surface area (TPSA) is 89.5 Å². The van der Waals surface area contributed by atoms with E-state index in [2.05, 4.69) is 0 Å². The van der Waals surface area contributed by atoms with E-state index >= 15 is 0 Å². The lowest BCUT2D eigenvalue weighted by molar-refractivity contribution is -0.135. The minimum absolute atomic E-state index is 0.262. The van der Waals surface area contributed by atoms with Crippen molar-refractivity contribution in [3.8, 4) is 5.69 Å². The summed E-state index contributed by atoms with van der Waals surface area (Å²) in [6, 6.07) is 12.2. The Hall–Kier alpha value is -3.14. The van der Waals surface area contributed by atoms with Gasteiger partial charge in [-0.25, -0.2) is 4.79 Å². The first-order chi connectivity index (χ1) is 15.6. The lowest BCUT2D eigenvalue weighted by Crippen LogP contribution is -2.38. The van der Waals surface area contributed by atoms with Crippen LogP contribution < -0.4 is 15.6 Å². The number of hydrogen-bond acceptors (Lipinski definition) is 5. The first-order valence-corrected chi connectivity index (χ1v) is 11.2. The van der Waals surface area contributed by atoms with Gasteiger partial charge in [-0.3, -0.25) is 14.2 Å². The van der Waals surface area contributed by atoms with E-state index in [0.29, 0.717) is 26.3 Å². The molecule has 0 radical (unpaired) electrons. The number of anilines is 1. The van der Waals surface area contributed by atoms with Crippen LogP contribution in [0, 0.1) is 0 Å². The highest BCUT2D eigenvalue weighted by atomic mass is 35.5. The number of aromatic nitrogens is 3. The number of rotatable bonds is 6. The summed E-state index contributed by atoms with van der Waals surface area (Å²) in [5.41, 5.74) is 0.885. The second-order valence-corrected chi connectivity index (χ2v) is 9.30. The van der Waals surface area contributed by atoms with Gasteiger partial charge in [-0.15, -0.1) is 0 Å². The van der Waals surface area contributed by atoms with Crippen molar-refractivity contribution in [3.05, 3.63) is 85.7 Å². The molecule has 170 valence electrons. The lowest BCUT2D eigenvalue weighted by Gasteiger charge is -2.22. The fourth-order valence-corrected chi connectivity index (χ4v) is 5.12. The summed E-state index contributed by atoms with van der Waals surface area (Å²) in [4.78, 5) is 36.9. The van der Waals surface area contributed by atoms with Crippen LogP contribution in [0.5, 0.6) is 0 Å². The number of carbonyl (C=O) groups is 1. The Morgan fingerprint density at radius 2 is 1.76 bits per heavy atom. The molecule has 8 nitrogen and oxygen atoms in total. The molecule has 0 fully saturated rings. The van der Waals surface area contributed by atoms with Crippen molar-refractivity contribution >= 4 is 57.7 Å². The largest absolute Gasteiger partial charge is 0.480 e. The third-order valence-electron chi connectivity index (χ3n) is 4.98. The molecule has 0 aliphatic heterocycles. The van der Waals surface area contributed by atoms with Gasteiger partial charge >= 0.3 is 11.7 Å². The molecular formula is C22H18Cl2N4O4S. The summed E-state index contributed by atoms with van der Waals surface area (Å²) in [7, 11) is 3.01. The average molecular weight is 505 g/mol. The second kappa shape index (κ2) is 9.01. The van der Waals surface area contributed by atoms with Crippen molar-refractivity contribution in [3.63, 3.8) is 0 Å². The van der Waals surface area contributed by atoms with Gasteiger partial charge in [-0.2, -0.15) is 0 Å². The molecule has 2 heterocycles. The molecule has 33 heavy (non-hydrogen) atoms. The van der Waals surface area contributed by atoms with Crippen LogP contribution in [0.25, 0.3) is 16.6 Å². The molecule has 2 aromatic heterocycles. The zero-order valence-electron chi connectivity index (χ0n) is 17.5. The van der Waals surface area contributed by atoms with Gasteiger partial charge in [0.2, 0.25) is 0 Å². The van der Waals surface area contributed by atoms with Gasteiger partial charge < -0.3 is 18.5 Å². The van der Waals surface area contributed by atoms with Crippen LogP contribution in [0.4, 0.5) is 5.69 Å². The number of benzene rings is 2. The lowest BCUT2D eigenvalue weighted by atomic mass is 10.2. The maximum atomic E-state index is 12.7. The molecule has 11 heteroatoms. The predicted octanol–water partition coefficient (Wildman–Crippen LogP) is 3.93. The number of fused-ring (bicyclic) bond motifs is 1. The SMILES string of the molecule is Cn1cc(-n2ccc3cc(N(CC(=O)O)Sc4cc(Cl)cc(Cl)c4)ccc32)c(=O)n(C)c1=O. The summed E-state index contributed by atoms with van der Waals surface area (Å²) in [5, 5.41) is 11.1. The maximum Gasteiger partial charge on any atom is 0.330 e. The monoisotopic (exact) mass is 504 g/mol. The summed E-state index contributed by atoms with van der Waals surface area (Å²) >= 11 is 13.4. The van der Waals surface area contributed by atoms with Crippen molar-refractivity contribution in [1.29, 1.82) is 0 Å². The minimum Gasteiger partial charge on any atom is -0.480 e. The quantitative estimate of drug-likeness (QED) is 0.400. The standard InChI is InChI=1S/C22H18Cl2N4O4S/c1-25-11-19(21(31)26(2)22(25)32)27-6-5-13-7-16(3-4-18(13)27)28(12-20(29)30)33-17-9-14(23)8-15(24)10-17/h3-11H,12H2,1-2H3,(H,29,30). The van der Waals surface area contributed by atoms with Gasteiger partial charge in [0.15, 0.2) is 0 Å². The Morgan fingerprint density at radius 3 is 2.42 bits per heavy atom. The van der Waals surface area contributed by atoms with E-state index in [1.54, 1.807) is 52.4 Å². The Morgan fingerprint density at radius 1 is 1.06 bits per heavy atom. The van der Waals surface area contributed by atoms with Crippen LogP contribution in [-0.2, 0) is 18.9 Å². The van der Waals surface area contributed by atoms with E-state index in [-0.39, 0.29) is 6.54 Å². The molecule has 0 bridgehead atoms. The zero-order valence-corrected chi connectivity index (χ0v) is 19.9. The van der Waals surface area contributed by atoms with Gasteiger partial charge in [-0.1, -0.05) is 23.2 Å². The van der Waals surface area contributed by atoms with Crippen LogP contribution in [0.3, 0.4) is 0 Å². The summed E-state index contributed by atoms with van der Waals surface area (Å²) in [6.45, 7) is -0.262. The number of aryl methyl sites for hydroxylation is 1. The molecule has 0 aliphatic carbocycles. The second-order valence-electron chi connectivity index (χ2n) is 7.33. The van der Waals surface area contributed by atoms with Crippen molar-refractivity contribution in [1.82, 2.24) is 13.7 Å². The van der Waals surface area contributed by atoms with Gasteiger partial charge in [0.05, 0.1) is 5.52 Å². The normalized spacial score (nSPS) is 11.2. The van der Waals surface area contributed by atoms with E-state index < -0.39 is 17.2 Å². The molecule has 1 N–H and O–H groups in total. The van der Waals surface area contributed by atoms with Crippen LogP contribution in [0.15, 0.2) is 69.3 Å². The fourth-order valence-electron chi connectivity index (χ4n) is 3.46. The number of nitrogens with zero attached hydrogens (tertiary/aromatic N) is 4. The Kier molecular flexibility index (Phi) is 6.29. The van der Waals surface area contributed by atoms with E-state index in [1.807, 2.05) is 12.1 Å². The number of halogens is 2. The maximum absolute atomic E-state index is 12.7. The van der Waals surface area contributed by atoms with Crippen molar-refractivity contribution in [2.45, 2.75) is 4.90 Å². The van der Waals surface area contributed by atoms with Crippen molar-refractivity contribution in [2.24, 2.45) is 14.1 Å². The van der Waals surface area contributed by atoms with Crippen LogP contribution >= 0.6 is 35.1 Å². The predicted molar refractivity (Wildman–Crippen MR) is 131 cm³/mol. The fraction of sp³-hybridized carbons (Fsp3) is 0.136. The molecular weight excluding hydrogens is 487 g/mol. The van der Waals surface area contributed by atoms with Gasteiger partial charge in [0.25, 0.3) is 5.56 Å². The highest BCUT2D eigenvalue weighted by molar-refractivity contribution is 8.00. The Bertz CT molecular complexity index is 1490. The van der Waals surface area contributed by atoms with Gasteiger partial charge in [0.1, 0.15) is 12.2 Å². The number of aliphatic carboxylic acids is 1. The smallest absolute Gasteiger partial charge is 0.330 e. The average Bonchev–Trinajstić information content (AvgIpc) is 3.16. The third-order valence-corrected chi connectivity index (χ3v) is 6.42. The number of hydrogen-bond donors (Lipinski definition) is 1. The van der Waals surface area contributed by atoms with E-state index in [4.69, 9.17) is 23.2 Å². The molecule has 0 atom stereocenters. The Balaban J connectivity index is 1.76. The minimum atomic E-state index is -0.998. The highest BCUT2D eigenvalue weighted by Gasteiger charge is 2.16. The first kappa shape index (κ1) is 23.0. The molecule has 0 unspecified atom stereocenters. The molecule has 4 rings (SSSR count). The highest BCUT2D eigenvalue weighted by Crippen LogP contribution is 2.34. The number of carboxylic acid groups (broad SMARTS) is 1. The summed E-state index contributed by atoms with van der Waals surface area (Å²) in [5.74, 6) is -0.998. The van der Waals surface area contributed by atoms with Gasteiger partial charge in [-0.05, 0) is 54.4 Å². The van der Waals surface area contributed by atoms with Crippen LogP contribution in [0.2, 0.25) is 10.0 Å². The first-order valence-electron chi connectivity index (χ1n) is 9.65. The van der Waals surface area contributed by atoms with Crippen LogP contribution in [-0.4, -0.2) is 31.3 Å². The molecule has 4 aromatic rings. The van der Waals surface area contributed by atoms with Gasteiger partial charge in [0, 0.05) is 52.5 Å². The Labute approximate surface area is 202 Å². The van der Waals surface area contributed by atoms with E-state index in [9.17, 15) is 19.5 Å². The van der Waals surface area contributed by atoms with E-state index in [1.165, 1.54) is 29.8 Å². The van der Waals surface area contributed by atoms with E-state index in [0.717, 1.165) is 15.5 Å². The molecule has 0 amide bonds. The number of carboxylic acids is 1. The molecule has 0 saturated heterocycles. The third kappa shape index (κ3) is 4.66. The van der Waals surface area contributed by atoms with Crippen molar-refractivity contribution in [2.75, 3.05) is 10.8 Å². The molecule has 0 aliphatic rings. The molecule has 0 saturated carbocycles. The molecule has 2 aromatic carbocycles. The summed E-state index contributed by atoms with van der Waals surface area (Å²) in [6.07, 6.45) is 3.23.